The van der Waals surface area contributed by atoms with Crippen molar-refractivity contribution in [2.75, 3.05) is 7.11 Å². The molecule has 0 radical (unpaired) electrons. The van der Waals surface area contributed by atoms with Crippen LogP contribution in [0.2, 0.25) is 0 Å². The minimum atomic E-state index is 0.140. The molecule has 1 aromatic rings. The Morgan fingerprint density at radius 3 is 2.62 bits per heavy atom. The number of carbonyl (C=O) groups is 1. The highest BCUT2D eigenvalue weighted by Gasteiger charge is 2.28. The molecule has 0 heterocycles. The number of ether oxygens (including phenoxy) is 1. The molecular formula is C14H18O2. The monoisotopic (exact) mass is 218 g/mol. The fraction of sp³-hybridized carbons (Fsp3) is 0.500. The summed E-state index contributed by atoms with van der Waals surface area (Å²) in [6, 6.07) is 6.12. The minimum Gasteiger partial charge on any atom is -0.497 e. The van der Waals surface area contributed by atoms with Gasteiger partial charge in [0, 0.05) is 11.8 Å². The number of benzene rings is 1. The fourth-order valence-electron chi connectivity index (χ4n) is 2.39. The molecule has 0 bridgehead atoms. The lowest BCUT2D eigenvalue weighted by molar-refractivity contribution is -0.125. The van der Waals surface area contributed by atoms with Gasteiger partial charge in [-0.2, -0.15) is 0 Å². The van der Waals surface area contributed by atoms with Gasteiger partial charge in [-0.1, -0.05) is 19.9 Å². The van der Waals surface area contributed by atoms with Gasteiger partial charge in [-0.3, -0.25) is 4.79 Å². The summed E-state index contributed by atoms with van der Waals surface area (Å²) in [5.74, 6) is 1.59. The van der Waals surface area contributed by atoms with Crippen LogP contribution in [0.4, 0.5) is 0 Å². The Hall–Kier alpha value is -1.31. The predicted octanol–water partition coefficient (Wildman–Crippen LogP) is 2.64. The molecule has 2 heteroatoms. The predicted molar refractivity (Wildman–Crippen MR) is 63.7 cm³/mol. The second kappa shape index (κ2) is 4.28. The smallest absolute Gasteiger partial charge is 0.139 e. The van der Waals surface area contributed by atoms with Crippen LogP contribution in [0, 0.1) is 11.8 Å². The van der Waals surface area contributed by atoms with Crippen LogP contribution in [0.5, 0.6) is 5.75 Å². The number of hydrogen-bond donors (Lipinski definition) is 0. The van der Waals surface area contributed by atoms with E-state index < -0.39 is 0 Å². The molecule has 0 saturated heterocycles. The first kappa shape index (κ1) is 11.2. The molecule has 0 aliphatic heterocycles. The van der Waals surface area contributed by atoms with E-state index in [0.29, 0.717) is 5.78 Å². The molecule has 1 aliphatic carbocycles. The van der Waals surface area contributed by atoms with E-state index in [2.05, 4.69) is 12.1 Å². The van der Waals surface area contributed by atoms with Gasteiger partial charge in [0.2, 0.25) is 0 Å². The zero-order valence-electron chi connectivity index (χ0n) is 10.1. The van der Waals surface area contributed by atoms with Crippen LogP contribution in [-0.4, -0.2) is 12.9 Å². The minimum absolute atomic E-state index is 0.140. The number of methoxy groups -OCH3 is 1. The van der Waals surface area contributed by atoms with Gasteiger partial charge in [0.15, 0.2) is 0 Å². The maximum atomic E-state index is 11.9. The van der Waals surface area contributed by atoms with Crippen LogP contribution in [0.15, 0.2) is 18.2 Å². The van der Waals surface area contributed by atoms with E-state index in [0.717, 1.165) is 18.6 Å². The number of rotatable bonds is 3. The molecule has 0 aromatic heterocycles. The molecule has 2 nitrogen and oxygen atoms in total. The second-order valence-corrected chi connectivity index (χ2v) is 4.80. The van der Waals surface area contributed by atoms with E-state index in [1.807, 2.05) is 19.9 Å². The molecule has 0 fully saturated rings. The summed E-state index contributed by atoms with van der Waals surface area (Å²) >= 11 is 0. The summed E-state index contributed by atoms with van der Waals surface area (Å²) in [7, 11) is 1.67. The van der Waals surface area contributed by atoms with Crippen molar-refractivity contribution in [1.29, 1.82) is 0 Å². The highest BCUT2D eigenvalue weighted by Crippen LogP contribution is 2.31. The van der Waals surface area contributed by atoms with Gasteiger partial charge in [-0.05, 0) is 36.1 Å². The molecular weight excluding hydrogens is 200 g/mol. The van der Waals surface area contributed by atoms with Crippen LogP contribution in [0.25, 0.3) is 0 Å². The number of fused-ring (bicyclic) bond motifs is 1. The van der Waals surface area contributed by atoms with Gasteiger partial charge in [0.1, 0.15) is 11.5 Å². The van der Waals surface area contributed by atoms with E-state index in [4.69, 9.17) is 4.74 Å². The van der Waals surface area contributed by atoms with Crippen molar-refractivity contribution in [3.05, 3.63) is 29.3 Å². The van der Waals surface area contributed by atoms with Crippen molar-refractivity contribution in [3.8, 4) is 5.75 Å². The average Bonchev–Trinajstić information content (AvgIpc) is 2.69. The number of hydrogen-bond acceptors (Lipinski definition) is 2. The Kier molecular flexibility index (Phi) is 2.99. The first-order valence-electron chi connectivity index (χ1n) is 5.81. The highest BCUT2D eigenvalue weighted by molar-refractivity contribution is 5.84. The van der Waals surface area contributed by atoms with E-state index in [-0.39, 0.29) is 11.8 Å². The maximum absolute atomic E-state index is 11.9. The van der Waals surface area contributed by atoms with E-state index in [1.54, 1.807) is 7.11 Å². The molecule has 1 aliphatic rings. The van der Waals surface area contributed by atoms with Gasteiger partial charge in [0.25, 0.3) is 0 Å². The van der Waals surface area contributed by atoms with Gasteiger partial charge in [-0.25, -0.2) is 0 Å². The zero-order chi connectivity index (χ0) is 11.7. The third-order valence-electron chi connectivity index (χ3n) is 3.32. The van der Waals surface area contributed by atoms with Crippen LogP contribution in [-0.2, 0) is 17.6 Å². The number of carbonyl (C=O) groups excluding carboxylic acids is 1. The van der Waals surface area contributed by atoms with E-state index >= 15 is 0 Å². The Morgan fingerprint density at radius 1 is 1.31 bits per heavy atom. The Balaban J connectivity index is 2.18. The molecule has 2 rings (SSSR count). The molecule has 0 spiro atoms. The van der Waals surface area contributed by atoms with Gasteiger partial charge >= 0.3 is 0 Å². The van der Waals surface area contributed by atoms with Crippen LogP contribution < -0.4 is 4.74 Å². The largest absolute Gasteiger partial charge is 0.497 e. The van der Waals surface area contributed by atoms with Crippen molar-refractivity contribution in [2.45, 2.75) is 26.7 Å². The fourth-order valence-corrected chi connectivity index (χ4v) is 2.39. The summed E-state index contributed by atoms with van der Waals surface area (Å²) in [5, 5.41) is 0. The van der Waals surface area contributed by atoms with Gasteiger partial charge in [-0.15, -0.1) is 0 Å². The lowest BCUT2D eigenvalue weighted by atomic mass is 9.93. The average molecular weight is 218 g/mol. The molecule has 0 saturated carbocycles. The van der Waals surface area contributed by atoms with E-state index in [1.165, 1.54) is 11.1 Å². The molecule has 16 heavy (non-hydrogen) atoms. The van der Waals surface area contributed by atoms with Crippen LogP contribution in [0.3, 0.4) is 0 Å². The normalized spacial score (nSPS) is 18.6. The lowest BCUT2D eigenvalue weighted by Crippen LogP contribution is -2.19. The van der Waals surface area contributed by atoms with Crippen molar-refractivity contribution >= 4 is 5.78 Å². The zero-order valence-corrected chi connectivity index (χ0v) is 10.1. The van der Waals surface area contributed by atoms with E-state index in [9.17, 15) is 4.79 Å². The SMILES string of the molecule is COc1ccc2c(c1)CC(C(=O)C(C)C)C2. The van der Waals surface area contributed by atoms with Crippen molar-refractivity contribution < 1.29 is 9.53 Å². The topological polar surface area (TPSA) is 26.3 Å². The third-order valence-corrected chi connectivity index (χ3v) is 3.32. The lowest BCUT2D eigenvalue weighted by Gasteiger charge is -2.10. The molecule has 1 atom stereocenters. The van der Waals surface area contributed by atoms with Crippen molar-refractivity contribution in [1.82, 2.24) is 0 Å². The van der Waals surface area contributed by atoms with Crippen LogP contribution in [0.1, 0.15) is 25.0 Å². The van der Waals surface area contributed by atoms with Crippen molar-refractivity contribution in [3.63, 3.8) is 0 Å². The Bertz CT molecular complexity index is 407. The summed E-state index contributed by atoms with van der Waals surface area (Å²) in [6.45, 7) is 3.96. The number of Topliss-reactive ketones (excluding diaryl/α,β-unsaturated/α-hetero) is 1. The van der Waals surface area contributed by atoms with Crippen LogP contribution >= 0.6 is 0 Å². The Labute approximate surface area is 96.6 Å². The molecule has 0 N–H and O–H groups in total. The summed E-state index contributed by atoms with van der Waals surface area (Å²) in [5.41, 5.74) is 2.58. The molecule has 86 valence electrons. The third kappa shape index (κ3) is 1.97. The number of ketones is 1. The first-order valence-corrected chi connectivity index (χ1v) is 5.81. The second-order valence-electron chi connectivity index (χ2n) is 4.80. The Morgan fingerprint density at radius 2 is 2.00 bits per heavy atom. The molecule has 0 amide bonds. The highest BCUT2D eigenvalue weighted by atomic mass is 16.5. The van der Waals surface area contributed by atoms with Gasteiger partial charge < -0.3 is 4.74 Å². The summed E-state index contributed by atoms with van der Waals surface area (Å²) in [4.78, 5) is 11.9. The van der Waals surface area contributed by atoms with Gasteiger partial charge in [0.05, 0.1) is 7.11 Å². The first-order chi connectivity index (χ1) is 7.61. The molecule has 1 aromatic carbocycles. The molecule has 1 unspecified atom stereocenters. The standard InChI is InChI=1S/C14H18O2/c1-9(2)14(15)12-6-10-4-5-13(16-3)8-11(10)7-12/h4-5,8-9,12H,6-7H2,1-3H3. The maximum Gasteiger partial charge on any atom is 0.139 e. The quantitative estimate of drug-likeness (QED) is 0.779. The summed E-state index contributed by atoms with van der Waals surface area (Å²) < 4.78 is 5.20. The summed E-state index contributed by atoms with van der Waals surface area (Å²) in [6.07, 6.45) is 1.78. The van der Waals surface area contributed by atoms with Crippen molar-refractivity contribution in [2.24, 2.45) is 11.8 Å².